The molecule has 0 saturated heterocycles. The van der Waals surface area contributed by atoms with E-state index in [1.54, 1.807) is 11.3 Å². The van der Waals surface area contributed by atoms with Crippen molar-refractivity contribution in [3.8, 4) is 0 Å². The summed E-state index contributed by atoms with van der Waals surface area (Å²) in [5.41, 5.74) is 2.36. The number of hydrogen-bond donors (Lipinski definition) is 1. The molecule has 0 amide bonds. The van der Waals surface area contributed by atoms with Gasteiger partial charge in [-0.15, -0.1) is 11.3 Å². The first-order valence-corrected chi connectivity index (χ1v) is 6.91. The third-order valence-corrected chi connectivity index (χ3v) is 3.67. The molecular formula is C13H19N3OS. The van der Waals surface area contributed by atoms with Gasteiger partial charge in [-0.2, -0.15) is 0 Å². The molecular weight excluding hydrogens is 246 g/mol. The van der Waals surface area contributed by atoms with E-state index in [0.29, 0.717) is 0 Å². The Labute approximate surface area is 111 Å². The molecule has 0 saturated carbocycles. The molecule has 2 rings (SSSR count). The molecule has 2 aromatic heterocycles. The monoisotopic (exact) mass is 265 g/mol. The lowest BCUT2D eigenvalue weighted by atomic mass is 10.3. The van der Waals surface area contributed by atoms with Gasteiger partial charge in [0, 0.05) is 17.6 Å². The number of imidazole rings is 1. The van der Waals surface area contributed by atoms with Gasteiger partial charge in [0.05, 0.1) is 24.3 Å². The summed E-state index contributed by atoms with van der Waals surface area (Å²) in [6, 6.07) is 0. The van der Waals surface area contributed by atoms with Crippen molar-refractivity contribution in [2.24, 2.45) is 0 Å². The number of aryl methyl sites for hydroxylation is 2. The fraction of sp³-hybridized carbons (Fsp3) is 0.462. The Balaban J connectivity index is 1.90. The van der Waals surface area contributed by atoms with Crippen LogP contribution in [0.1, 0.15) is 22.7 Å². The molecule has 2 aromatic rings. The zero-order valence-corrected chi connectivity index (χ0v) is 11.7. The van der Waals surface area contributed by atoms with Crippen LogP contribution in [0.3, 0.4) is 0 Å². The van der Waals surface area contributed by atoms with E-state index in [2.05, 4.69) is 41.3 Å². The molecule has 0 spiro atoms. The van der Waals surface area contributed by atoms with Crippen LogP contribution in [0.25, 0.3) is 4.96 Å². The number of nitrogens with one attached hydrogen (secondary N) is 1. The second-order valence-electron chi connectivity index (χ2n) is 4.21. The van der Waals surface area contributed by atoms with Gasteiger partial charge in [0.15, 0.2) is 4.96 Å². The van der Waals surface area contributed by atoms with E-state index in [4.69, 9.17) is 4.74 Å². The molecule has 0 atom stereocenters. The standard InChI is InChI=1S/C13H19N3OS/c1-4-17-7-5-6-14-8-12-11(3)15-13-16(12)9-10(2)18-13/h4,9,14H,1,5-8H2,2-3H3. The number of aromatic nitrogens is 2. The van der Waals surface area contributed by atoms with E-state index >= 15 is 0 Å². The first-order chi connectivity index (χ1) is 8.72. The van der Waals surface area contributed by atoms with Gasteiger partial charge in [-0.1, -0.05) is 6.58 Å². The summed E-state index contributed by atoms with van der Waals surface area (Å²) in [6.07, 6.45) is 4.62. The van der Waals surface area contributed by atoms with Crippen molar-refractivity contribution in [2.75, 3.05) is 13.2 Å². The minimum Gasteiger partial charge on any atom is -0.502 e. The maximum absolute atomic E-state index is 5.08. The maximum atomic E-state index is 5.08. The SMILES string of the molecule is C=COCCCNCc1c(C)nc2sc(C)cn12. The van der Waals surface area contributed by atoms with Crippen LogP contribution in [0.5, 0.6) is 0 Å². The molecule has 0 aliphatic carbocycles. The van der Waals surface area contributed by atoms with Crippen LogP contribution in [0.4, 0.5) is 0 Å². The Morgan fingerprint density at radius 3 is 3.17 bits per heavy atom. The zero-order valence-electron chi connectivity index (χ0n) is 10.9. The van der Waals surface area contributed by atoms with Crippen molar-refractivity contribution in [1.29, 1.82) is 0 Å². The lowest BCUT2D eigenvalue weighted by molar-refractivity contribution is 0.244. The summed E-state index contributed by atoms with van der Waals surface area (Å²) in [4.78, 5) is 6.94. The molecule has 0 aliphatic heterocycles. The van der Waals surface area contributed by atoms with Crippen LogP contribution < -0.4 is 5.32 Å². The van der Waals surface area contributed by atoms with Gasteiger partial charge in [0.2, 0.25) is 0 Å². The molecule has 18 heavy (non-hydrogen) atoms. The molecule has 98 valence electrons. The molecule has 0 fully saturated rings. The Bertz CT molecular complexity index is 530. The second-order valence-corrected chi connectivity index (χ2v) is 5.42. The minimum absolute atomic E-state index is 0.717. The molecule has 0 unspecified atom stereocenters. The largest absolute Gasteiger partial charge is 0.502 e. The van der Waals surface area contributed by atoms with Gasteiger partial charge in [-0.25, -0.2) is 4.98 Å². The minimum atomic E-state index is 0.717. The quantitative estimate of drug-likeness (QED) is 0.618. The highest BCUT2D eigenvalue weighted by atomic mass is 32.1. The summed E-state index contributed by atoms with van der Waals surface area (Å²) < 4.78 is 7.26. The average Bonchev–Trinajstić information content (AvgIpc) is 2.80. The highest BCUT2D eigenvalue weighted by molar-refractivity contribution is 7.17. The number of thiazole rings is 1. The lowest BCUT2D eigenvalue weighted by Crippen LogP contribution is -2.17. The Hall–Kier alpha value is -1.33. The molecule has 2 heterocycles. The third kappa shape index (κ3) is 2.91. The number of fused-ring (bicyclic) bond motifs is 1. The normalized spacial score (nSPS) is 11.0. The lowest BCUT2D eigenvalue weighted by Gasteiger charge is -2.05. The van der Waals surface area contributed by atoms with Gasteiger partial charge in [0.25, 0.3) is 0 Å². The summed E-state index contributed by atoms with van der Waals surface area (Å²) in [5, 5.41) is 3.42. The van der Waals surface area contributed by atoms with Crippen LogP contribution in [-0.4, -0.2) is 22.5 Å². The Kier molecular flexibility index (Phi) is 4.38. The number of ether oxygens (including phenoxy) is 1. The highest BCUT2D eigenvalue weighted by Crippen LogP contribution is 2.20. The van der Waals surface area contributed by atoms with Crippen molar-refractivity contribution < 1.29 is 4.74 Å². The summed E-state index contributed by atoms with van der Waals surface area (Å²) in [7, 11) is 0. The third-order valence-electron chi connectivity index (χ3n) is 2.77. The van der Waals surface area contributed by atoms with Crippen LogP contribution in [-0.2, 0) is 11.3 Å². The van der Waals surface area contributed by atoms with Crippen LogP contribution >= 0.6 is 11.3 Å². The van der Waals surface area contributed by atoms with Gasteiger partial charge >= 0.3 is 0 Å². The van der Waals surface area contributed by atoms with Crippen molar-refractivity contribution in [2.45, 2.75) is 26.8 Å². The van der Waals surface area contributed by atoms with Gasteiger partial charge < -0.3 is 10.1 Å². The maximum Gasteiger partial charge on any atom is 0.194 e. The van der Waals surface area contributed by atoms with Crippen molar-refractivity contribution >= 4 is 16.3 Å². The summed E-state index contributed by atoms with van der Waals surface area (Å²) in [5.74, 6) is 0. The summed E-state index contributed by atoms with van der Waals surface area (Å²) >= 11 is 1.73. The fourth-order valence-electron chi connectivity index (χ4n) is 1.89. The Morgan fingerprint density at radius 1 is 1.56 bits per heavy atom. The number of hydrogen-bond acceptors (Lipinski definition) is 4. The smallest absolute Gasteiger partial charge is 0.194 e. The molecule has 0 radical (unpaired) electrons. The zero-order chi connectivity index (χ0) is 13.0. The van der Waals surface area contributed by atoms with Crippen molar-refractivity contribution in [3.05, 3.63) is 35.3 Å². The van der Waals surface area contributed by atoms with Gasteiger partial charge in [-0.3, -0.25) is 4.40 Å². The topological polar surface area (TPSA) is 38.6 Å². The molecule has 0 aromatic carbocycles. The van der Waals surface area contributed by atoms with E-state index in [-0.39, 0.29) is 0 Å². The van der Waals surface area contributed by atoms with E-state index in [0.717, 1.165) is 36.8 Å². The first-order valence-electron chi connectivity index (χ1n) is 6.09. The number of rotatable bonds is 7. The van der Waals surface area contributed by atoms with Crippen molar-refractivity contribution in [1.82, 2.24) is 14.7 Å². The molecule has 0 aliphatic rings. The predicted octanol–water partition coefficient (Wildman–Crippen LogP) is 2.65. The van der Waals surface area contributed by atoms with Crippen LogP contribution in [0.15, 0.2) is 19.0 Å². The van der Waals surface area contributed by atoms with E-state index in [9.17, 15) is 0 Å². The van der Waals surface area contributed by atoms with Crippen molar-refractivity contribution in [3.63, 3.8) is 0 Å². The van der Waals surface area contributed by atoms with E-state index in [1.165, 1.54) is 16.8 Å². The van der Waals surface area contributed by atoms with E-state index in [1.807, 2.05) is 0 Å². The number of nitrogens with zero attached hydrogens (tertiary/aromatic N) is 2. The molecule has 0 bridgehead atoms. The van der Waals surface area contributed by atoms with Crippen LogP contribution in [0, 0.1) is 13.8 Å². The summed E-state index contributed by atoms with van der Waals surface area (Å²) in [6.45, 7) is 10.2. The molecule has 1 N–H and O–H groups in total. The average molecular weight is 265 g/mol. The highest BCUT2D eigenvalue weighted by Gasteiger charge is 2.10. The predicted molar refractivity (Wildman–Crippen MR) is 75.0 cm³/mol. The van der Waals surface area contributed by atoms with Gasteiger partial charge in [0.1, 0.15) is 0 Å². The second kappa shape index (κ2) is 6.02. The Morgan fingerprint density at radius 2 is 2.39 bits per heavy atom. The van der Waals surface area contributed by atoms with Crippen LogP contribution in [0.2, 0.25) is 0 Å². The van der Waals surface area contributed by atoms with Gasteiger partial charge in [-0.05, 0) is 26.8 Å². The fourth-order valence-corrected chi connectivity index (χ4v) is 2.78. The molecule has 4 nitrogen and oxygen atoms in total. The molecule has 5 heteroatoms. The first kappa shape index (κ1) is 13.1. The van der Waals surface area contributed by atoms with E-state index < -0.39 is 0 Å².